The van der Waals surface area contributed by atoms with Gasteiger partial charge in [-0.15, -0.1) is 0 Å². The summed E-state index contributed by atoms with van der Waals surface area (Å²) >= 11 is 0. The summed E-state index contributed by atoms with van der Waals surface area (Å²) in [5, 5.41) is 36.7. The Hall–Kier alpha value is -2.48. The molecule has 28 heavy (non-hydrogen) atoms. The van der Waals surface area contributed by atoms with Crippen LogP contribution in [0.2, 0.25) is 0 Å². The van der Waals surface area contributed by atoms with Gasteiger partial charge in [-0.05, 0) is 41.3 Å². The summed E-state index contributed by atoms with van der Waals surface area (Å²) < 4.78 is 0. The van der Waals surface area contributed by atoms with E-state index >= 15 is 0 Å². The number of ketones is 1. The van der Waals surface area contributed by atoms with Crippen LogP contribution in [0.5, 0.6) is 0 Å². The first kappa shape index (κ1) is 20.3. The Balaban J connectivity index is 1.85. The molecule has 0 atom stereocenters. The number of rotatable bonds is 4. The molecule has 1 aliphatic heterocycles. The van der Waals surface area contributed by atoms with Gasteiger partial charge in [0.2, 0.25) is 0 Å². The van der Waals surface area contributed by atoms with Gasteiger partial charge in [0.05, 0.1) is 0 Å². The van der Waals surface area contributed by atoms with E-state index in [4.69, 9.17) is 0 Å². The molecule has 3 rings (SSSR count). The van der Waals surface area contributed by atoms with Crippen molar-refractivity contribution in [2.45, 2.75) is 0 Å². The van der Waals surface area contributed by atoms with E-state index in [2.05, 4.69) is 0 Å². The molecular weight excluding hydrogens is 356 g/mol. The fraction of sp³-hybridized carbons (Fsp3) is 0.150. The highest BCUT2D eigenvalue weighted by Gasteiger charge is 2.24. The van der Waals surface area contributed by atoms with Crippen molar-refractivity contribution >= 4 is 43.1 Å². The van der Waals surface area contributed by atoms with Crippen LogP contribution in [0, 0.1) is 0 Å². The van der Waals surface area contributed by atoms with Crippen LogP contribution in [0.25, 0.3) is 12.2 Å². The standard InChI is InChI=1S/C20H21B2NO5/c1-23-12-16(10-14-2-6-18(7-3-14)21(25)26)20(24)17(13-23)11-15-4-8-19(9-5-15)22(27)28/h2-11,25-28H,12-13H2,1H3. The molecule has 0 aliphatic carbocycles. The summed E-state index contributed by atoms with van der Waals surface area (Å²) in [4.78, 5) is 14.9. The van der Waals surface area contributed by atoms with Gasteiger partial charge in [0.1, 0.15) is 0 Å². The fourth-order valence-electron chi connectivity index (χ4n) is 3.14. The summed E-state index contributed by atoms with van der Waals surface area (Å²) in [6, 6.07) is 13.4. The predicted octanol–water partition coefficient (Wildman–Crippen LogP) is -0.972. The molecule has 1 heterocycles. The van der Waals surface area contributed by atoms with Crippen molar-refractivity contribution in [3.63, 3.8) is 0 Å². The van der Waals surface area contributed by atoms with Crippen molar-refractivity contribution in [3.8, 4) is 0 Å². The van der Waals surface area contributed by atoms with Crippen molar-refractivity contribution in [2.24, 2.45) is 0 Å². The van der Waals surface area contributed by atoms with E-state index < -0.39 is 14.2 Å². The maximum absolute atomic E-state index is 12.9. The Bertz CT molecular complexity index is 832. The zero-order chi connectivity index (χ0) is 20.3. The van der Waals surface area contributed by atoms with Crippen LogP contribution >= 0.6 is 0 Å². The molecule has 1 saturated heterocycles. The number of carbonyl (C=O) groups excluding carboxylic acids is 1. The van der Waals surface area contributed by atoms with Crippen LogP contribution in [0.3, 0.4) is 0 Å². The number of carbonyl (C=O) groups is 1. The Morgan fingerprint density at radius 2 is 1.11 bits per heavy atom. The number of nitrogens with zero attached hydrogens (tertiary/aromatic N) is 1. The number of hydrogen-bond donors (Lipinski definition) is 4. The summed E-state index contributed by atoms with van der Waals surface area (Å²) in [7, 11) is -1.10. The normalized spacial score (nSPS) is 18.0. The molecule has 1 fully saturated rings. The van der Waals surface area contributed by atoms with Gasteiger partial charge < -0.3 is 20.1 Å². The fourth-order valence-corrected chi connectivity index (χ4v) is 3.14. The van der Waals surface area contributed by atoms with Crippen molar-refractivity contribution in [3.05, 3.63) is 70.8 Å². The zero-order valence-corrected chi connectivity index (χ0v) is 15.5. The van der Waals surface area contributed by atoms with Gasteiger partial charge in [-0.3, -0.25) is 9.69 Å². The molecule has 1 aliphatic rings. The molecule has 2 aromatic rings. The lowest BCUT2D eigenvalue weighted by Crippen LogP contribution is -2.34. The number of piperidine rings is 1. The van der Waals surface area contributed by atoms with Gasteiger partial charge in [0, 0.05) is 24.2 Å². The summed E-state index contributed by atoms with van der Waals surface area (Å²) in [5.41, 5.74) is 3.71. The highest BCUT2D eigenvalue weighted by atomic mass is 16.4. The van der Waals surface area contributed by atoms with Crippen LogP contribution in [0.4, 0.5) is 0 Å². The maximum atomic E-state index is 12.9. The topological polar surface area (TPSA) is 101 Å². The Labute approximate surface area is 164 Å². The highest BCUT2D eigenvalue weighted by Crippen LogP contribution is 2.21. The Morgan fingerprint density at radius 1 is 0.750 bits per heavy atom. The third-order valence-corrected chi connectivity index (χ3v) is 4.61. The minimum atomic E-state index is -1.52. The van der Waals surface area contributed by atoms with Crippen molar-refractivity contribution < 1.29 is 24.9 Å². The van der Waals surface area contributed by atoms with Crippen LogP contribution in [-0.2, 0) is 4.79 Å². The number of benzene rings is 2. The molecule has 0 bridgehead atoms. The summed E-state index contributed by atoms with van der Waals surface area (Å²) in [5.74, 6) is -0.0318. The molecule has 0 radical (unpaired) electrons. The highest BCUT2D eigenvalue weighted by molar-refractivity contribution is 6.58. The second kappa shape index (κ2) is 8.68. The average molecular weight is 377 g/mol. The first-order valence-electron chi connectivity index (χ1n) is 8.90. The van der Waals surface area contributed by atoms with Gasteiger partial charge >= 0.3 is 14.2 Å². The molecule has 0 saturated carbocycles. The zero-order valence-electron chi connectivity index (χ0n) is 15.5. The third kappa shape index (κ3) is 4.86. The predicted molar refractivity (Wildman–Crippen MR) is 111 cm³/mol. The van der Waals surface area contributed by atoms with E-state index in [0.29, 0.717) is 35.2 Å². The monoisotopic (exact) mass is 377 g/mol. The second-order valence-electron chi connectivity index (χ2n) is 6.92. The van der Waals surface area contributed by atoms with Crippen molar-refractivity contribution in [2.75, 3.05) is 20.1 Å². The van der Waals surface area contributed by atoms with Gasteiger partial charge in [-0.1, -0.05) is 48.5 Å². The molecule has 0 unspecified atom stereocenters. The van der Waals surface area contributed by atoms with Crippen LogP contribution in [0.15, 0.2) is 59.7 Å². The lowest BCUT2D eigenvalue weighted by atomic mass is 9.80. The molecule has 0 aromatic heterocycles. The first-order chi connectivity index (χ1) is 13.3. The minimum absolute atomic E-state index is 0.0318. The van der Waals surface area contributed by atoms with E-state index in [9.17, 15) is 24.9 Å². The molecule has 0 spiro atoms. The second-order valence-corrected chi connectivity index (χ2v) is 6.92. The first-order valence-corrected chi connectivity index (χ1v) is 8.90. The van der Waals surface area contributed by atoms with Crippen molar-refractivity contribution in [1.82, 2.24) is 4.90 Å². The average Bonchev–Trinajstić information content (AvgIpc) is 2.66. The lowest BCUT2D eigenvalue weighted by Gasteiger charge is -2.26. The molecule has 4 N–H and O–H groups in total. The lowest BCUT2D eigenvalue weighted by molar-refractivity contribution is -0.113. The smallest absolute Gasteiger partial charge is 0.423 e. The molecule has 8 heteroatoms. The number of hydrogen-bond acceptors (Lipinski definition) is 6. The van der Waals surface area contributed by atoms with E-state index in [0.717, 1.165) is 11.1 Å². The molecular formula is C20H21B2NO5. The summed E-state index contributed by atoms with van der Waals surface area (Å²) in [6.45, 7) is 1.05. The number of likely N-dealkylation sites (N-methyl/N-ethyl adjacent to an activating group) is 1. The largest absolute Gasteiger partial charge is 0.488 e. The van der Waals surface area contributed by atoms with Crippen LogP contribution < -0.4 is 10.9 Å². The van der Waals surface area contributed by atoms with Gasteiger partial charge in [0.25, 0.3) is 0 Å². The van der Waals surface area contributed by atoms with Gasteiger partial charge in [0.15, 0.2) is 5.78 Å². The SMILES string of the molecule is CN1CC(=Cc2ccc(B(O)O)cc2)C(=O)C(=Cc2ccc(B(O)O)cc2)C1. The quantitative estimate of drug-likeness (QED) is 0.404. The van der Waals surface area contributed by atoms with E-state index in [1.807, 2.05) is 24.1 Å². The van der Waals surface area contributed by atoms with E-state index in [1.54, 1.807) is 48.5 Å². The molecule has 6 nitrogen and oxygen atoms in total. The van der Waals surface area contributed by atoms with Gasteiger partial charge in [-0.2, -0.15) is 0 Å². The van der Waals surface area contributed by atoms with Crippen LogP contribution in [0.1, 0.15) is 11.1 Å². The molecule has 2 aromatic carbocycles. The Kier molecular flexibility index (Phi) is 6.28. The van der Waals surface area contributed by atoms with Gasteiger partial charge in [-0.25, -0.2) is 0 Å². The third-order valence-electron chi connectivity index (χ3n) is 4.61. The Morgan fingerprint density at radius 3 is 1.43 bits per heavy atom. The molecule has 0 amide bonds. The minimum Gasteiger partial charge on any atom is -0.423 e. The maximum Gasteiger partial charge on any atom is 0.488 e. The van der Waals surface area contributed by atoms with E-state index in [1.165, 1.54) is 0 Å². The van der Waals surface area contributed by atoms with E-state index in [-0.39, 0.29) is 5.78 Å². The number of likely N-dealkylation sites (tertiary alicyclic amines) is 1. The number of Topliss-reactive ketones (excluding diaryl/α,β-unsaturated/α-hetero) is 1. The molecule has 142 valence electrons. The summed E-state index contributed by atoms with van der Waals surface area (Å²) in [6.07, 6.45) is 3.62. The van der Waals surface area contributed by atoms with Crippen LogP contribution in [-0.4, -0.2) is 65.2 Å². The van der Waals surface area contributed by atoms with Crippen molar-refractivity contribution in [1.29, 1.82) is 0 Å².